The Balaban J connectivity index is 4.69. The molecule has 0 aromatic heterocycles. The van der Waals surface area contributed by atoms with Crippen molar-refractivity contribution < 1.29 is 28.6 Å². The number of esters is 3. The lowest BCUT2D eigenvalue weighted by molar-refractivity contribution is -0.166. The first kappa shape index (κ1) is 44.1. The number of carbonyl (C=O) groups is 3. The van der Waals surface area contributed by atoms with E-state index in [1.54, 1.807) is 0 Å². The molecule has 0 atom stereocenters. The number of rotatable bonds is 29. The molecule has 6 heteroatoms. The molecular formula is C42H62O6. The summed E-state index contributed by atoms with van der Waals surface area (Å²) in [6, 6.07) is 0. The van der Waals surface area contributed by atoms with E-state index in [1.165, 1.54) is 0 Å². The Bertz CT molecular complexity index is 1030. The highest BCUT2D eigenvalue weighted by Gasteiger charge is 2.19. The van der Waals surface area contributed by atoms with E-state index in [9.17, 15) is 14.4 Å². The third-order valence-electron chi connectivity index (χ3n) is 6.54. The van der Waals surface area contributed by atoms with Crippen LogP contribution in [0.2, 0.25) is 0 Å². The minimum Gasteiger partial charge on any atom is -0.462 e. The first-order valence-corrected chi connectivity index (χ1v) is 17.9. The van der Waals surface area contributed by atoms with Gasteiger partial charge in [0.05, 0.1) is 0 Å². The lowest BCUT2D eigenvalue weighted by Crippen LogP contribution is -2.30. The molecule has 0 saturated heterocycles. The molecule has 0 fully saturated rings. The second-order valence-corrected chi connectivity index (χ2v) is 11.0. The fourth-order valence-corrected chi connectivity index (χ4v) is 3.96. The second kappa shape index (κ2) is 35.9. The van der Waals surface area contributed by atoms with Gasteiger partial charge in [-0.15, -0.1) is 0 Å². The van der Waals surface area contributed by atoms with Crippen LogP contribution >= 0.6 is 0 Å². The molecule has 0 aliphatic carbocycles. The van der Waals surface area contributed by atoms with Gasteiger partial charge in [-0.25, -0.2) is 0 Å². The average molecular weight is 663 g/mol. The lowest BCUT2D eigenvalue weighted by atomic mass is 10.2. The smallest absolute Gasteiger partial charge is 0.306 e. The third kappa shape index (κ3) is 33.4. The summed E-state index contributed by atoms with van der Waals surface area (Å²) in [4.78, 5) is 37.2. The molecule has 0 heterocycles. The molecule has 0 N–H and O–H groups in total. The predicted octanol–water partition coefficient (Wildman–Crippen LogP) is 10.9. The fraction of sp³-hybridized carbons (Fsp3) is 0.500. The van der Waals surface area contributed by atoms with Gasteiger partial charge in [-0.05, 0) is 77.0 Å². The van der Waals surface area contributed by atoms with Crippen molar-refractivity contribution in [2.75, 3.05) is 13.2 Å². The molecular weight excluding hydrogens is 600 g/mol. The molecule has 0 aliphatic heterocycles. The van der Waals surface area contributed by atoms with Crippen molar-refractivity contribution in [3.63, 3.8) is 0 Å². The highest BCUT2D eigenvalue weighted by Crippen LogP contribution is 2.06. The summed E-state index contributed by atoms with van der Waals surface area (Å²) in [5.41, 5.74) is 0. The van der Waals surface area contributed by atoms with E-state index in [0.717, 1.165) is 57.8 Å². The summed E-state index contributed by atoms with van der Waals surface area (Å²) in [6.45, 7) is 6.00. The molecule has 266 valence electrons. The van der Waals surface area contributed by atoms with Crippen LogP contribution in [0.25, 0.3) is 0 Å². The van der Waals surface area contributed by atoms with E-state index >= 15 is 0 Å². The van der Waals surface area contributed by atoms with Gasteiger partial charge in [0.25, 0.3) is 0 Å². The Kier molecular flexibility index (Phi) is 33.0. The summed E-state index contributed by atoms with van der Waals surface area (Å²) < 4.78 is 16.3. The molecule has 0 bridgehead atoms. The molecule has 0 aromatic rings. The van der Waals surface area contributed by atoms with Crippen LogP contribution in [-0.4, -0.2) is 37.2 Å². The van der Waals surface area contributed by atoms with Crippen LogP contribution < -0.4 is 0 Å². The van der Waals surface area contributed by atoms with Gasteiger partial charge >= 0.3 is 17.9 Å². The van der Waals surface area contributed by atoms with Gasteiger partial charge in [-0.2, -0.15) is 0 Å². The van der Waals surface area contributed by atoms with Gasteiger partial charge in [0, 0.05) is 19.3 Å². The number of carbonyl (C=O) groups excluding carboxylic acids is 3. The Hall–Kier alpha value is -3.93. The molecule has 0 saturated carbocycles. The van der Waals surface area contributed by atoms with Crippen LogP contribution in [0.4, 0.5) is 0 Å². The van der Waals surface area contributed by atoms with Crippen molar-refractivity contribution in [2.45, 2.75) is 123 Å². The molecule has 0 spiro atoms. The minimum atomic E-state index is -0.863. The summed E-state index contributed by atoms with van der Waals surface area (Å²) >= 11 is 0. The SMILES string of the molecule is CC/C=C\C/C=C\C/C=C\CCC(=O)OCC(COC(=O)CC/C=C\C/C=C\C/C=C\CC)OC(=O)CC/C=C\C/C=C\C/C=C\CC. The summed E-state index contributed by atoms with van der Waals surface area (Å²) in [7, 11) is 0. The lowest BCUT2D eigenvalue weighted by Gasteiger charge is -2.18. The zero-order chi connectivity index (χ0) is 35.2. The van der Waals surface area contributed by atoms with E-state index in [4.69, 9.17) is 14.2 Å². The minimum absolute atomic E-state index is 0.164. The Morgan fingerprint density at radius 2 is 0.667 bits per heavy atom. The normalized spacial score (nSPS) is 12.8. The summed E-state index contributed by atoms with van der Waals surface area (Å²) in [6.07, 6.45) is 47.1. The molecule has 0 rings (SSSR count). The van der Waals surface area contributed by atoms with Crippen molar-refractivity contribution in [3.8, 4) is 0 Å². The fourth-order valence-electron chi connectivity index (χ4n) is 3.96. The first-order valence-electron chi connectivity index (χ1n) is 17.9. The first-order chi connectivity index (χ1) is 23.5. The van der Waals surface area contributed by atoms with Crippen molar-refractivity contribution in [2.24, 2.45) is 0 Å². The molecule has 0 aromatic carbocycles. The van der Waals surface area contributed by atoms with E-state index < -0.39 is 24.0 Å². The van der Waals surface area contributed by atoms with E-state index in [0.29, 0.717) is 19.3 Å². The molecule has 0 radical (unpaired) electrons. The predicted molar refractivity (Wildman–Crippen MR) is 200 cm³/mol. The summed E-state index contributed by atoms with van der Waals surface area (Å²) in [5, 5.41) is 0. The highest BCUT2D eigenvalue weighted by molar-refractivity contribution is 5.71. The average Bonchev–Trinajstić information content (AvgIpc) is 3.08. The van der Waals surface area contributed by atoms with Crippen LogP contribution in [-0.2, 0) is 28.6 Å². The third-order valence-corrected chi connectivity index (χ3v) is 6.54. The van der Waals surface area contributed by atoms with Gasteiger partial charge < -0.3 is 14.2 Å². The highest BCUT2D eigenvalue weighted by atomic mass is 16.6. The van der Waals surface area contributed by atoms with Crippen LogP contribution in [0.3, 0.4) is 0 Å². The Morgan fingerprint density at radius 1 is 0.396 bits per heavy atom. The van der Waals surface area contributed by atoms with Gasteiger partial charge in [-0.1, -0.05) is 130 Å². The molecule has 0 amide bonds. The largest absolute Gasteiger partial charge is 0.462 e. The number of allylic oxidation sites excluding steroid dienone is 18. The molecule has 6 nitrogen and oxygen atoms in total. The van der Waals surface area contributed by atoms with Crippen molar-refractivity contribution >= 4 is 17.9 Å². The summed E-state index contributed by atoms with van der Waals surface area (Å²) in [5.74, 6) is -1.22. The number of hydrogen-bond acceptors (Lipinski definition) is 6. The monoisotopic (exact) mass is 662 g/mol. The second-order valence-electron chi connectivity index (χ2n) is 11.0. The van der Waals surface area contributed by atoms with Crippen LogP contribution in [0.5, 0.6) is 0 Å². The standard InChI is InChI=1S/C42H62O6/c1-4-7-10-13-16-19-22-25-28-31-34-40(43)46-37-39(48-42(45)36-33-30-27-24-21-18-15-12-9-6-3)38-47-41(44)35-32-29-26-23-20-17-14-11-8-5-2/h7-12,16-21,25-30,39H,4-6,13-15,22-24,31-38H2,1-3H3/b10-7-,11-8-,12-9-,19-16-,20-17-,21-18-,28-25-,29-26-,30-27-. The van der Waals surface area contributed by atoms with Crippen LogP contribution in [0, 0.1) is 0 Å². The van der Waals surface area contributed by atoms with E-state index in [-0.39, 0.29) is 32.5 Å². The molecule has 48 heavy (non-hydrogen) atoms. The van der Waals surface area contributed by atoms with E-state index in [1.807, 2.05) is 36.5 Å². The van der Waals surface area contributed by atoms with Crippen LogP contribution in [0.1, 0.15) is 117 Å². The van der Waals surface area contributed by atoms with E-state index in [2.05, 4.69) is 93.7 Å². The zero-order valence-electron chi connectivity index (χ0n) is 29.9. The Labute approximate surface area is 291 Å². The zero-order valence-corrected chi connectivity index (χ0v) is 29.9. The maximum Gasteiger partial charge on any atom is 0.306 e. The van der Waals surface area contributed by atoms with Crippen molar-refractivity contribution in [1.29, 1.82) is 0 Å². The topological polar surface area (TPSA) is 78.9 Å². The van der Waals surface area contributed by atoms with Gasteiger partial charge in [-0.3, -0.25) is 14.4 Å². The Morgan fingerprint density at radius 3 is 0.979 bits per heavy atom. The van der Waals surface area contributed by atoms with Crippen molar-refractivity contribution in [3.05, 3.63) is 109 Å². The quantitative estimate of drug-likeness (QED) is 0.0450. The van der Waals surface area contributed by atoms with Gasteiger partial charge in [0.15, 0.2) is 6.10 Å². The van der Waals surface area contributed by atoms with Gasteiger partial charge in [0.1, 0.15) is 13.2 Å². The molecule has 0 unspecified atom stereocenters. The maximum absolute atomic E-state index is 12.5. The van der Waals surface area contributed by atoms with Crippen LogP contribution in [0.15, 0.2) is 109 Å². The maximum atomic E-state index is 12.5. The molecule has 0 aliphatic rings. The number of ether oxygens (including phenoxy) is 3. The number of hydrogen-bond donors (Lipinski definition) is 0. The van der Waals surface area contributed by atoms with Crippen molar-refractivity contribution in [1.82, 2.24) is 0 Å². The van der Waals surface area contributed by atoms with Gasteiger partial charge in [0.2, 0.25) is 0 Å².